The van der Waals surface area contributed by atoms with Crippen molar-refractivity contribution in [2.75, 3.05) is 6.54 Å². The van der Waals surface area contributed by atoms with Gasteiger partial charge in [0.2, 0.25) is 0 Å². The first kappa shape index (κ1) is 15.2. The van der Waals surface area contributed by atoms with Gasteiger partial charge in [0.25, 0.3) is 0 Å². The lowest BCUT2D eigenvalue weighted by Gasteiger charge is -2.22. The van der Waals surface area contributed by atoms with Gasteiger partial charge in [0.05, 0.1) is 0 Å². The van der Waals surface area contributed by atoms with E-state index in [2.05, 4.69) is 32.2 Å². The maximum absolute atomic E-state index is 13.5. The van der Waals surface area contributed by atoms with Crippen molar-refractivity contribution in [2.24, 2.45) is 5.92 Å². The molecule has 1 N–H and O–H groups in total. The van der Waals surface area contributed by atoms with Crippen LogP contribution in [0.25, 0.3) is 0 Å². The molecule has 0 saturated heterocycles. The quantitative estimate of drug-likeness (QED) is 0.746. The van der Waals surface area contributed by atoms with Crippen LogP contribution in [0.15, 0.2) is 18.2 Å². The van der Waals surface area contributed by atoms with E-state index in [0.29, 0.717) is 5.92 Å². The Labute approximate surface area is 111 Å². The van der Waals surface area contributed by atoms with Crippen LogP contribution < -0.4 is 5.32 Å². The predicted octanol–water partition coefficient (Wildman–Crippen LogP) is 4.61. The minimum absolute atomic E-state index is 0.129. The molecule has 102 valence electrons. The Hall–Kier alpha value is -0.890. The molecule has 0 aliphatic carbocycles. The molecule has 0 heterocycles. The number of benzene rings is 1. The zero-order valence-electron chi connectivity index (χ0n) is 12.1. The maximum atomic E-state index is 13.5. The molecular formula is C16H26FN. The Morgan fingerprint density at radius 3 is 2.50 bits per heavy atom. The van der Waals surface area contributed by atoms with Crippen LogP contribution in [0.5, 0.6) is 0 Å². The average molecular weight is 251 g/mol. The third-order valence-corrected chi connectivity index (χ3v) is 3.34. The van der Waals surface area contributed by atoms with Crippen molar-refractivity contribution in [3.8, 4) is 0 Å². The van der Waals surface area contributed by atoms with Gasteiger partial charge in [-0.25, -0.2) is 4.39 Å². The molecule has 0 spiro atoms. The zero-order valence-corrected chi connectivity index (χ0v) is 12.1. The third-order valence-electron chi connectivity index (χ3n) is 3.34. The molecule has 0 bridgehead atoms. The van der Waals surface area contributed by atoms with Crippen molar-refractivity contribution in [1.82, 2.24) is 5.32 Å². The summed E-state index contributed by atoms with van der Waals surface area (Å²) in [4.78, 5) is 0. The van der Waals surface area contributed by atoms with Gasteiger partial charge >= 0.3 is 0 Å². The van der Waals surface area contributed by atoms with Gasteiger partial charge in [-0.05, 0) is 49.1 Å². The third kappa shape index (κ3) is 4.77. The van der Waals surface area contributed by atoms with E-state index >= 15 is 0 Å². The molecule has 0 saturated carbocycles. The largest absolute Gasteiger partial charge is 0.310 e. The van der Waals surface area contributed by atoms with Crippen LogP contribution in [-0.2, 0) is 0 Å². The number of aryl methyl sites for hydroxylation is 1. The topological polar surface area (TPSA) is 12.0 Å². The van der Waals surface area contributed by atoms with Crippen molar-refractivity contribution in [3.05, 3.63) is 35.1 Å². The number of rotatable bonds is 7. The van der Waals surface area contributed by atoms with Crippen molar-refractivity contribution in [2.45, 2.75) is 53.0 Å². The van der Waals surface area contributed by atoms with Crippen molar-refractivity contribution >= 4 is 0 Å². The molecule has 0 amide bonds. The van der Waals surface area contributed by atoms with E-state index in [0.717, 1.165) is 24.1 Å². The van der Waals surface area contributed by atoms with Crippen LogP contribution in [0.1, 0.15) is 57.2 Å². The van der Waals surface area contributed by atoms with Crippen LogP contribution in [0.2, 0.25) is 0 Å². The van der Waals surface area contributed by atoms with Gasteiger partial charge in [-0.3, -0.25) is 0 Å². The van der Waals surface area contributed by atoms with E-state index in [1.807, 2.05) is 6.92 Å². The van der Waals surface area contributed by atoms with E-state index in [4.69, 9.17) is 0 Å². The second-order valence-electron chi connectivity index (χ2n) is 5.30. The Bertz CT molecular complexity index is 342. The minimum Gasteiger partial charge on any atom is -0.310 e. The van der Waals surface area contributed by atoms with Gasteiger partial charge in [-0.1, -0.05) is 39.7 Å². The first-order valence-electron chi connectivity index (χ1n) is 7.07. The van der Waals surface area contributed by atoms with Crippen molar-refractivity contribution in [3.63, 3.8) is 0 Å². The number of nitrogens with one attached hydrogen (secondary N) is 1. The van der Waals surface area contributed by atoms with Gasteiger partial charge in [0.1, 0.15) is 5.82 Å². The summed E-state index contributed by atoms with van der Waals surface area (Å²) < 4.78 is 13.5. The fraction of sp³-hybridized carbons (Fsp3) is 0.625. The summed E-state index contributed by atoms with van der Waals surface area (Å²) in [5.41, 5.74) is 2.08. The Morgan fingerprint density at radius 1 is 1.22 bits per heavy atom. The monoisotopic (exact) mass is 251 g/mol. The first-order chi connectivity index (χ1) is 8.56. The van der Waals surface area contributed by atoms with E-state index in [-0.39, 0.29) is 11.9 Å². The highest BCUT2D eigenvalue weighted by atomic mass is 19.1. The molecule has 1 aromatic rings. The predicted molar refractivity (Wildman–Crippen MR) is 76.2 cm³/mol. The van der Waals surface area contributed by atoms with Crippen LogP contribution in [0, 0.1) is 18.7 Å². The van der Waals surface area contributed by atoms with Gasteiger partial charge < -0.3 is 5.32 Å². The summed E-state index contributed by atoms with van der Waals surface area (Å²) in [6, 6.07) is 5.61. The summed E-state index contributed by atoms with van der Waals surface area (Å²) in [5.74, 6) is 0.540. The number of hydrogen-bond donors (Lipinski definition) is 1. The maximum Gasteiger partial charge on any atom is 0.123 e. The fourth-order valence-electron chi connectivity index (χ4n) is 2.56. The summed E-state index contributed by atoms with van der Waals surface area (Å²) in [7, 11) is 0. The van der Waals surface area contributed by atoms with E-state index < -0.39 is 0 Å². The van der Waals surface area contributed by atoms with E-state index in [9.17, 15) is 4.39 Å². The minimum atomic E-state index is -0.129. The van der Waals surface area contributed by atoms with Gasteiger partial charge in [0, 0.05) is 6.04 Å². The van der Waals surface area contributed by atoms with Gasteiger partial charge in [0.15, 0.2) is 0 Å². The molecule has 1 aromatic carbocycles. The molecule has 0 aliphatic heterocycles. The molecular weight excluding hydrogens is 225 g/mol. The second-order valence-corrected chi connectivity index (χ2v) is 5.30. The van der Waals surface area contributed by atoms with Crippen LogP contribution in [0.4, 0.5) is 4.39 Å². The second kappa shape index (κ2) is 7.52. The number of hydrogen-bond acceptors (Lipinski definition) is 1. The van der Waals surface area contributed by atoms with Crippen LogP contribution in [-0.4, -0.2) is 6.54 Å². The molecule has 2 unspecified atom stereocenters. The average Bonchev–Trinajstić information content (AvgIpc) is 2.27. The lowest BCUT2D eigenvalue weighted by molar-refractivity contribution is 0.394. The first-order valence-corrected chi connectivity index (χ1v) is 7.07. The smallest absolute Gasteiger partial charge is 0.123 e. The molecule has 0 fully saturated rings. The highest BCUT2D eigenvalue weighted by Crippen LogP contribution is 2.25. The van der Waals surface area contributed by atoms with Crippen molar-refractivity contribution in [1.29, 1.82) is 0 Å². The van der Waals surface area contributed by atoms with Crippen molar-refractivity contribution < 1.29 is 4.39 Å². The lowest BCUT2D eigenvalue weighted by atomic mass is 9.92. The summed E-state index contributed by atoms with van der Waals surface area (Å²) in [6.07, 6.45) is 3.52. The number of halogens is 1. The van der Waals surface area contributed by atoms with Crippen LogP contribution >= 0.6 is 0 Å². The highest BCUT2D eigenvalue weighted by molar-refractivity contribution is 5.26. The van der Waals surface area contributed by atoms with Gasteiger partial charge in [-0.15, -0.1) is 0 Å². The van der Waals surface area contributed by atoms with E-state index in [1.54, 1.807) is 12.1 Å². The zero-order chi connectivity index (χ0) is 13.5. The van der Waals surface area contributed by atoms with Gasteiger partial charge in [-0.2, -0.15) is 0 Å². The molecule has 1 nitrogen and oxygen atoms in total. The van der Waals surface area contributed by atoms with E-state index in [1.165, 1.54) is 12.8 Å². The molecule has 0 aromatic heterocycles. The molecule has 0 aliphatic rings. The lowest BCUT2D eigenvalue weighted by Crippen LogP contribution is -2.23. The Balaban J connectivity index is 2.82. The Kier molecular flexibility index (Phi) is 6.34. The summed E-state index contributed by atoms with van der Waals surface area (Å²) >= 11 is 0. The Morgan fingerprint density at radius 2 is 1.94 bits per heavy atom. The highest BCUT2D eigenvalue weighted by Gasteiger charge is 2.15. The SMILES string of the molecule is CCCC(C)CC(NCC)c1cc(C)cc(F)c1. The molecule has 2 atom stereocenters. The van der Waals surface area contributed by atoms with Crippen LogP contribution in [0.3, 0.4) is 0 Å². The molecule has 1 rings (SSSR count). The standard InChI is InChI=1S/C16H26FN/c1-5-7-12(3)10-16(18-6-2)14-8-13(4)9-15(17)11-14/h8-9,11-12,16,18H,5-7,10H2,1-4H3. The molecule has 18 heavy (non-hydrogen) atoms. The fourth-order valence-corrected chi connectivity index (χ4v) is 2.56. The summed E-state index contributed by atoms with van der Waals surface area (Å²) in [6.45, 7) is 9.46. The molecule has 2 heteroatoms. The molecule has 0 radical (unpaired) electrons. The summed E-state index contributed by atoms with van der Waals surface area (Å²) in [5, 5.41) is 3.48. The normalized spacial score (nSPS) is 14.5.